The second-order valence-corrected chi connectivity index (χ2v) is 7.04. The Morgan fingerprint density at radius 2 is 1.85 bits per heavy atom. The van der Waals surface area contributed by atoms with Gasteiger partial charge in [-0.15, -0.1) is 24.0 Å². The molecule has 0 aromatic heterocycles. The van der Waals surface area contributed by atoms with E-state index in [1.165, 1.54) is 25.7 Å². The molecule has 1 rings (SSSR count). The van der Waals surface area contributed by atoms with Crippen LogP contribution in [0.25, 0.3) is 0 Å². The van der Waals surface area contributed by atoms with E-state index in [-0.39, 0.29) is 29.9 Å². The average Bonchev–Trinajstić information content (AvgIpc) is 3.11. The quantitative estimate of drug-likeness (QED) is 0.157. The van der Waals surface area contributed by atoms with Crippen molar-refractivity contribution in [1.29, 1.82) is 0 Å². The first-order valence-electron chi connectivity index (χ1n) is 10.1. The molecule has 7 nitrogen and oxygen atoms in total. The van der Waals surface area contributed by atoms with Gasteiger partial charge in [0, 0.05) is 52.9 Å². The Hall–Kier alpha value is -0.610. The fourth-order valence-electron chi connectivity index (χ4n) is 3.20. The Morgan fingerprint density at radius 3 is 2.52 bits per heavy atom. The zero-order valence-corrected chi connectivity index (χ0v) is 19.7. The van der Waals surface area contributed by atoms with Crippen LogP contribution in [0.4, 0.5) is 0 Å². The molecule has 1 amide bonds. The standard InChI is InChI=1S/C19H39N5O2.HI/c1-4-20-19(23-12-14-24(2)13-7-15-26-3)22-11-10-21-18(25)16-17-8-5-6-9-17;/h17H,4-16H2,1-3H3,(H,21,25)(H2,20,22,23);1H. The second-order valence-electron chi connectivity index (χ2n) is 7.04. The number of ether oxygens (including phenoxy) is 1. The van der Waals surface area contributed by atoms with Crippen molar-refractivity contribution in [2.24, 2.45) is 10.9 Å². The molecule has 3 N–H and O–H groups in total. The number of halogens is 1. The third-order valence-electron chi connectivity index (χ3n) is 4.67. The van der Waals surface area contributed by atoms with Gasteiger partial charge < -0.3 is 25.6 Å². The van der Waals surface area contributed by atoms with Gasteiger partial charge in [-0.05, 0) is 39.2 Å². The van der Waals surface area contributed by atoms with Crippen molar-refractivity contribution in [2.75, 3.05) is 60.0 Å². The van der Waals surface area contributed by atoms with Crippen molar-refractivity contribution in [1.82, 2.24) is 20.9 Å². The van der Waals surface area contributed by atoms with E-state index in [2.05, 4.69) is 39.8 Å². The summed E-state index contributed by atoms with van der Waals surface area (Å²) in [5.74, 6) is 1.59. The molecule has 0 saturated heterocycles. The van der Waals surface area contributed by atoms with Gasteiger partial charge in [-0.25, -0.2) is 0 Å². The van der Waals surface area contributed by atoms with E-state index < -0.39 is 0 Å². The molecule has 0 spiro atoms. The van der Waals surface area contributed by atoms with Crippen LogP contribution in [-0.2, 0) is 9.53 Å². The number of nitrogens with one attached hydrogen (secondary N) is 3. The van der Waals surface area contributed by atoms with Crippen molar-refractivity contribution >= 4 is 35.8 Å². The fraction of sp³-hybridized carbons (Fsp3) is 0.895. The number of amides is 1. The largest absolute Gasteiger partial charge is 0.385 e. The SMILES string of the molecule is CCNC(=NCCN(C)CCCOC)NCCNC(=O)CC1CCCC1.I. The van der Waals surface area contributed by atoms with Gasteiger partial charge in [-0.2, -0.15) is 0 Å². The summed E-state index contributed by atoms with van der Waals surface area (Å²) < 4.78 is 5.07. The topological polar surface area (TPSA) is 78.0 Å². The lowest BCUT2D eigenvalue weighted by Gasteiger charge is -2.16. The molecule has 0 atom stereocenters. The first-order chi connectivity index (χ1) is 12.7. The van der Waals surface area contributed by atoms with E-state index in [4.69, 9.17) is 4.74 Å². The zero-order valence-electron chi connectivity index (χ0n) is 17.4. The molecular weight excluding hydrogens is 457 g/mol. The van der Waals surface area contributed by atoms with E-state index >= 15 is 0 Å². The average molecular weight is 497 g/mol. The molecule has 27 heavy (non-hydrogen) atoms. The second kappa shape index (κ2) is 17.5. The Labute approximate surface area is 182 Å². The van der Waals surface area contributed by atoms with Crippen molar-refractivity contribution < 1.29 is 9.53 Å². The molecule has 0 aromatic rings. The van der Waals surface area contributed by atoms with E-state index in [1.807, 2.05) is 0 Å². The summed E-state index contributed by atoms with van der Waals surface area (Å²) in [5, 5.41) is 9.53. The molecule has 8 heteroatoms. The van der Waals surface area contributed by atoms with Crippen molar-refractivity contribution in [3.8, 4) is 0 Å². The first-order valence-corrected chi connectivity index (χ1v) is 10.1. The van der Waals surface area contributed by atoms with E-state index in [1.54, 1.807) is 7.11 Å². The van der Waals surface area contributed by atoms with Gasteiger partial charge in [0.05, 0.1) is 6.54 Å². The molecule has 0 aromatic carbocycles. The van der Waals surface area contributed by atoms with E-state index in [0.29, 0.717) is 25.4 Å². The maximum Gasteiger partial charge on any atom is 0.220 e. The predicted octanol–water partition coefficient (Wildman–Crippen LogP) is 1.82. The van der Waals surface area contributed by atoms with Gasteiger partial charge in [-0.3, -0.25) is 9.79 Å². The van der Waals surface area contributed by atoms with Gasteiger partial charge >= 0.3 is 0 Å². The number of guanidine groups is 1. The molecule has 1 saturated carbocycles. The summed E-state index contributed by atoms with van der Waals surface area (Å²) >= 11 is 0. The molecule has 1 fully saturated rings. The van der Waals surface area contributed by atoms with Gasteiger partial charge in [0.15, 0.2) is 5.96 Å². The lowest BCUT2D eigenvalue weighted by Crippen LogP contribution is -2.42. The molecule has 0 heterocycles. The number of nitrogens with zero attached hydrogens (tertiary/aromatic N) is 2. The number of carbonyl (C=O) groups excluding carboxylic acids is 1. The molecule has 160 valence electrons. The van der Waals surface area contributed by atoms with Crippen LogP contribution in [0.1, 0.15) is 45.4 Å². The molecule has 0 radical (unpaired) electrons. The maximum atomic E-state index is 11.9. The highest BCUT2D eigenvalue weighted by atomic mass is 127. The smallest absolute Gasteiger partial charge is 0.220 e. The van der Waals surface area contributed by atoms with Crippen LogP contribution < -0.4 is 16.0 Å². The number of hydrogen-bond acceptors (Lipinski definition) is 4. The Morgan fingerprint density at radius 1 is 1.15 bits per heavy atom. The van der Waals surface area contributed by atoms with Crippen molar-refractivity contribution in [3.05, 3.63) is 0 Å². The summed E-state index contributed by atoms with van der Waals surface area (Å²) in [7, 11) is 3.83. The molecule has 0 unspecified atom stereocenters. The molecule has 1 aliphatic carbocycles. The third kappa shape index (κ3) is 14.1. The fourth-order valence-corrected chi connectivity index (χ4v) is 3.20. The highest BCUT2D eigenvalue weighted by Crippen LogP contribution is 2.27. The van der Waals surface area contributed by atoms with Crippen LogP contribution in [0.2, 0.25) is 0 Å². The first kappa shape index (κ1) is 26.4. The molecular formula is C19H40IN5O2. The van der Waals surface area contributed by atoms with Crippen molar-refractivity contribution in [2.45, 2.75) is 45.4 Å². The Bertz CT molecular complexity index is 404. The molecule has 0 aliphatic heterocycles. The summed E-state index contributed by atoms with van der Waals surface area (Å²) in [6, 6.07) is 0. The minimum Gasteiger partial charge on any atom is -0.385 e. The van der Waals surface area contributed by atoms with Crippen LogP contribution in [0.15, 0.2) is 4.99 Å². The van der Waals surface area contributed by atoms with Gasteiger partial charge in [-0.1, -0.05) is 12.8 Å². The Kier molecular flexibility index (Phi) is 17.1. The number of hydrogen-bond donors (Lipinski definition) is 3. The number of carbonyl (C=O) groups is 1. The number of aliphatic imine (C=N–C) groups is 1. The zero-order chi connectivity index (χ0) is 19.0. The third-order valence-corrected chi connectivity index (χ3v) is 4.67. The number of rotatable bonds is 13. The summed E-state index contributed by atoms with van der Waals surface area (Å²) in [5.41, 5.74) is 0. The predicted molar refractivity (Wildman–Crippen MR) is 123 cm³/mol. The lowest BCUT2D eigenvalue weighted by atomic mass is 10.0. The summed E-state index contributed by atoms with van der Waals surface area (Å²) in [4.78, 5) is 18.8. The summed E-state index contributed by atoms with van der Waals surface area (Å²) in [6.45, 7) is 7.66. The normalized spacial score (nSPS) is 14.9. The van der Waals surface area contributed by atoms with E-state index in [0.717, 1.165) is 45.2 Å². The minimum atomic E-state index is 0. The lowest BCUT2D eigenvalue weighted by molar-refractivity contribution is -0.121. The summed E-state index contributed by atoms with van der Waals surface area (Å²) in [6.07, 6.45) is 6.71. The minimum absolute atomic E-state index is 0. The van der Waals surface area contributed by atoms with Crippen LogP contribution in [-0.4, -0.2) is 76.8 Å². The van der Waals surface area contributed by atoms with Crippen LogP contribution in [0, 0.1) is 5.92 Å². The molecule has 0 bridgehead atoms. The van der Waals surface area contributed by atoms with E-state index in [9.17, 15) is 4.79 Å². The van der Waals surface area contributed by atoms with Crippen molar-refractivity contribution in [3.63, 3.8) is 0 Å². The van der Waals surface area contributed by atoms with Gasteiger partial charge in [0.1, 0.15) is 0 Å². The monoisotopic (exact) mass is 497 g/mol. The number of methoxy groups -OCH3 is 1. The molecule has 1 aliphatic rings. The van der Waals surface area contributed by atoms with Gasteiger partial charge in [0.2, 0.25) is 5.91 Å². The van der Waals surface area contributed by atoms with Crippen LogP contribution in [0.5, 0.6) is 0 Å². The Balaban J connectivity index is 0.00000676. The highest BCUT2D eigenvalue weighted by molar-refractivity contribution is 14.0. The highest BCUT2D eigenvalue weighted by Gasteiger charge is 2.17. The van der Waals surface area contributed by atoms with Crippen LogP contribution in [0.3, 0.4) is 0 Å². The number of likely N-dealkylation sites (N-methyl/N-ethyl adjacent to an activating group) is 1. The maximum absolute atomic E-state index is 11.9. The van der Waals surface area contributed by atoms with Gasteiger partial charge in [0.25, 0.3) is 0 Å². The van der Waals surface area contributed by atoms with Crippen LogP contribution >= 0.6 is 24.0 Å².